The summed E-state index contributed by atoms with van der Waals surface area (Å²) in [5, 5.41) is 1.24. The number of carbonyl (C=O) groups excluding carboxylic acids is 1. The number of anilines is 1. The molecule has 0 bridgehead atoms. The summed E-state index contributed by atoms with van der Waals surface area (Å²) in [6.07, 6.45) is 1.49. The van der Waals surface area contributed by atoms with Gasteiger partial charge in [0.15, 0.2) is 0 Å². The summed E-state index contributed by atoms with van der Waals surface area (Å²) in [5.74, 6) is 0.592. The number of hydroxylamine groups is 1. The molecule has 0 aliphatic heterocycles. The second-order valence-corrected chi connectivity index (χ2v) is 5.12. The Morgan fingerprint density at radius 3 is 2.29 bits per heavy atom. The van der Waals surface area contributed by atoms with Gasteiger partial charge in [-0.3, -0.25) is 9.63 Å². The van der Waals surface area contributed by atoms with Crippen LogP contribution in [-0.4, -0.2) is 17.9 Å². The Morgan fingerprint density at radius 1 is 1.29 bits per heavy atom. The van der Waals surface area contributed by atoms with Gasteiger partial charge in [-0.2, -0.15) is 5.06 Å². The van der Waals surface area contributed by atoms with Crippen LogP contribution in [0.2, 0.25) is 0 Å². The number of hydrogen-bond donors (Lipinski definition) is 0. The monoisotopic (exact) mass is 255 g/mol. The first-order valence-corrected chi connectivity index (χ1v) is 6.08. The summed E-state index contributed by atoms with van der Waals surface area (Å²) >= 11 is 5.66. The molecule has 1 rings (SSSR count). The van der Waals surface area contributed by atoms with Crippen LogP contribution in [-0.2, 0) is 16.1 Å². The fraction of sp³-hybridized carbons (Fsp3) is 0.462. The maximum atomic E-state index is 11.0. The molecule has 0 heterocycles. The largest absolute Gasteiger partial charge is 0.276 e. The van der Waals surface area contributed by atoms with Crippen molar-refractivity contribution in [3.8, 4) is 0 Å². The molecule has 0 aliphatic carbocycles. The van der Waals surface area contributed by atoms with Gasteiger partial charge in [0, 0.05) is 5.88 Å². The van der Waals surface area contributed by atoms with Crippen molar-refractivity contribution in [2.45, 2.75) is 32.8 Å². The Morgan fingerprint density at radius 2 is 1.88 bits per heavy atom. The summed E-state index contributed by atoms with van der Waals surface area (Å²) in [5.41, 5.74) is 1.45. The van der Waals surface area contributed by atoms with Gasteiger partial charge < -0.3 is 0 Å². The van der Waals surface area contributed by atoms with Crippen LogP contribution in [0.25, 0.3) is 0 Å². The number of benzene rings is 1. The van der Waals surface area contributed by atoms with E-state index in [0.717, 1.165) is 12.0 Å². The van der Waals surface area contributed by atoms with Crippen LogP contribution in [0.1, 0.15) is 26.3 Å². The van der Waals surface area contributed by atoms with Gasteiger partial charge in [-0.05, 0) is 44.9 Å². The second kappa shape index (κ2) is 6.03. The number of carbonyl (C=O) groups is 1. The van der Waals surface area contributed by atoms with Crippen molar-refractivity contribution in [1.29, 1.82) is 0 Å². The summed E-state index contributed by atoms with van der Waals surface area (Å²) in [4.78, 5) is 16.5. The van der Waals surface area contributed by atoms with E-state index >= 15 is 0 Å². The highest BCUT2D eigenvalue weighted by Gasteiger charge is 2.17. The number of hydrogen-bond acceptors (Lipinski definition) is 2. The van der Waals surface area contributed by atoms with Crippen LogP contribution >= 0.6 is 11.6 Å². The van der Waals surface area contributed by atoms with Crippen LogP contribution < -0.4 is 5.06 Å². The molecule has 0 N–H and O–H groups in total. The second-order valence-electron chi connectivity index (χ2n) is 4.74. The summed E-state index contributed by atoms with van der Waals surface area (Å²) in [6.45, 7) is 5.68. The normalized spacial score (nSPS) is 11.3. The van der Waals surface area contributed by atoms with Gasteiger partial charge in [-0.15, -0.1) is 11.6 Å². The Balaban J connectivity index is 2.79. The number of halogens is 1. The van der Waals surface area contributed by atoms with E-state index in [1.54, 1.807) is 0 Å². The Labute approximate surface area is 107 Å². The van der Waals surface area contributed by atoms with E-state index in [2.05, 4.69) is 0 Å². The molecule has 0 atom stereocenters. The van der Waals surface area contributed by atoms with E-state index in [1.807, 2.05) is 45.0 Å². The molecule has 0 saturated carbocycles. The van der Waals surface area contributed by atoms with Crippen molar-refractivity contribution in [1.82, 2.24) is 0 Å². The molecular formula is C13H18ClNO2. The molecule has 1 aromatic carbocycles. The van der Waals surface area contributed by atoms with E-state index in [9.17, 15) is 4.79 Å². The molecule has 0 saturated heterocycles. The standard InChI is InChI=1S/C13H18ClNO2/c1-13(2,3)17-15(10-16)12-6-4-11(5-7-12)8-9-14/h4-7,10H,8-9H2,1-3H3. The smallest absolute Gasteiger partial charge is 0.238 e. The zero-order valence-electron chi connectivity index (χ0n) is 10.4. The topological polar surface area (TPSA) is 29.5 Å². The third-order valence-corrected chi connectivity index (χ3v) is 2.23. The molecule has 0 aromatic heterocycles. The third kappa shape index (κ3) is 4.75. The lowest BCUT2D eigenvalue weighted by molar-refractivity contribution is -0.120. The van der Waals surface area contributed by atoms with Gasteiger partial charge in [0.25, 0.3) is 0 Å². The fourth-order valence-corrected chi connectivity index (χ4v) is 1.57. The zero-order valence-corrected chi connectivity index (χ0v) is 11.2. The maximum Gasteiger partial charge on any atom is 0.238 e. The van der Waals surface area contributed by atoms with Crippen LogP contribution in [0.5, 0.6) is 0 Å². The molecule has 3 nitrogen and oxygen atoms in total. The van der Waals surface area contributed by atoms with E-state index in [0.29, 0.717) is 18.0 Å². The Hall–Kier alpha value is -1.06. The lowest BCUT2D eigenvalue weighted by Crippen LogP contribution is -2.32. The molecule has 94 valence electrons. The number of nitrogens with zero attached hydrogens (tertiary/aromatic N) is 1. The van der Waals surface area contributed by atoms with Crippen LogP contribution in [0.3, 0.4) is 0 Å². The van der Waals surface area contributed by atoms with Gasteiger partial charge in [-0.25, -0.2) is 0 Å². The van der Waals surface area contributed by atoms with E-state index in [1.165, 1.54) is 5.06 Å². The first-order valence-electron chi connectivity index (χ1n) is 5.55. The van der Waals surface area contributed by atoms with Crippen molar-refractivity contribution in [2.75, 3.05) is 10.9 Å². The number of rotatable bonds is 5. The minimum absolute atomic E-state index is 0.407. The number of aryl methyl sites for hydroxylation is 1. The lowest BCUT2D eigenvalue weighted by atomic mass is 10.1. The Kier molecular flexibility index (Phi) is 4.97. The number of alkyl halides is 1. The highest BCUT2D eigenvalue weighted by atomic mass is 35.5. The molecule has 1 aromatic rings. The Bertz CT molecular complexity index is 357. The van der Waals surface area contributed by atoms with Gasteiger partial charge in [0.1, 0.15) is 0 Å². The van der Waals surface area contributed by atoms with E-state index < -0.39 is 5.60 Å². The molecule has 0 fully saturated rings. The fourth-order valence-electron chi connectivity index (χ4n) is 1.35. The van der Waals surface area contributed by atoms with Crippen LogP contribution in [0.15, 0.2) is 24.3 Å². The maximum absolute atomic E-state index is 11.0. The molecule has 0 spiro atoms. The summed E-state index contributed by atoms with van der Waals surface area (Å²) in [6, 6.07) is 7.59. The molecule has 4 heteroatoms. The highest BCUT2D eigenvalue weighted by molar-refractivity contribution is 6.17. The first kappa shape index (κ1) is 14.0. The average molecular weight is 256 g/mol. The minimum Gasteiger partial charge on any atom is -0.276 e. The average Bonchev–Trinajstić information content (AvgIpc) is 2.26. The van der Waals surface area contributed by atoms with Crippen molar-refractivity contribution in [3.63, 3.8) is 0 Å². The number of amides is 1. The zero-order chi connectivity index (χ0) is 12.9. The SMILES string of the molecule is CC(C)(C)ON(C=O)c1ccc(CCCl)cc1. The molecule has 0 aliphatic rings. The summed E-state index contributed by atoms with van der Waals surface area (Å²) < 4.78 is 0. The van der Waals surface area contributed by atoms with Gasteiger partial charge in [0.05, 0.1) is 11.3 Å². The van der Waals surface area contributed by atoms with Crippen molar-refractivity contribution in [2.24, 2.45) is 0 Å². The molecule has 17 heavy (non-hydrogen) atoms. The predicted octanol–water partition coefficient (Wildman–Crippen LogP) is 3.16. The minimum atomic E-state index is -0.407. The highest BCUT2D eigenvalue weighted by Crippen LogP contribution is 2.19. The summed E-state index contributed by atoms with van der Waals surface area (Å²) in [7, 11) is 0. The quantitative estimate of drug-likeness (QED) is 0.460. The van der Waals surface area contributed by atoms with Crippen LogP contribution in [0.4, 0.5) is 5.69 Å². The van der Waals surface area contributed by atoms with Gasteiger partial charge in [0.2, 0.25) is 6.41 Å². The first-order chi connectivity index (χ1) is 7.96. The molecule has 1 amide bonds. The van der Waals surface area contributed by atoms with E-state index in [4.69, 9.17) is 16.4 Å². The van der Waals surface area contributed by atoms with Crippen molar-refractivity contribution >= 4 is 23.7 Å². The van der Waals surface area contributed by atoms with Crippen molar-refractivity contribution < 1.29 is 9.63 Å². The van der Waals surface area contributed by atoms with E-state index in [-0.39, 0.29) is 0 Å². The van der Waals surface area contributed by atoms with Crippen molar-refractivity contribution in [3.05, 3.63) is 29.8 Å². The molecular weight excluding hydrogens is 238 g/mol. The van der Waals surface area contributed by atoms with Gasteiger partial charge in [-0.1, -0.05) is 12.1 Å². The predicted molar refractivity (Wildman–Crippen MR) is 70.2 cm³/mol. The van der Waals surface area contributed by atoms with Crippen LogP contribution in [0, 0.1) is 0 Å². The van der Waals surface area contributed by atoms with Gasteiger partial charge >= 0.3 is 0 Å². The third-order valence-electron chi connectivity index (χ3n) is 2.04. The lowest BCUT2D eigenvalue weighted by Gasteiger charge is -2.26. The molecule has 0 unspecified atom stereocenters. The molecule has 0 radical (unpaired) electrons.